The second kappa shape index (κ2) is 4.50. The van der Waals surface area contributed by atoms with Crippen molar-refractivity contribution in [1.82, 2.24) is 0 Å². The van der Waals surface area contributed by atoms with Gasteiger partial charge in [0, 0.05) is 11.2 Å². The van der Waals surface area contributed by atoms with Crippen LogP contribution in [0.2, 0.25) is 0 Å². The van der Waals surface area contributed by atoms with Crippen molar-refractivity contribution in [3.63, 3.8) is 0 Å². The largest absolute Gasteiger partial charge is 0.278 e. The monoisotopic (exact) mass is 199 g/mol. The predicted molar refractivity (Wildman–Crippen MR) is 62.6 cm³/mol. The van der Waals surface area contributed by atoms with Crippen molar-refractivity contribution in [2.45, 2.75) is 52.3 Å². The normalized spacial score (nSPS) is 28.7. The van der Waals surface area contributed by atoms with Crippen molar-refractivity contribution in [1.29, 1.82) is 0 Å². The molecule has 1 aliphatic rings. The molecule has 0 aromatic heterocycles. The topological polar surface area (TPSA) is 12.4 Å². The Labute approximate surface area is 86.4 Å². The summed E-state index contributed by atoms with van der Waals surface area (Å²) in [6.45, 7) is 11.3. The summed E-state index contributed by atoms with van der Waals surface area (Å²) in [6, 6.07) is 0.532. The zero-order valence-corrected chi connectivity index (χ0v) is 10.2. The molecule has 1 rings (SSSR count). The van der Waals surface area contributed by atoms with E-state index in [1.165, 1.54) is 11.5 Å². The fourth-order valence-corrected chi connectivity index (χ4v) is 3.11. The van der Waals surface area contributed by atoms with Crippen LogP contribution in [0, 0.1) is 11.8 Å². The van der Waals surface area contributed by atoms with Gasteiger partial charge in [-0.15, -0.1) is 11.8 Å². The zero-order chi connectivity index (χ0) is 10.0. The molecule has 13 heavy (non-hydrogen) atoms. The van der Waals surface area contributed by atoms with Gasteiger partial charge in [0.2, 0.25) is 0 Å². The fraction of sp³-hybridized carbons (Fsp3) is 0.909. The van der Waals surface area contributed by atoms with Crippen LogP contribution in [0.15, 0.2) is 4.99 Å². The highest BCUT2D eigenvalue weighted by Gasteiger charge is 2.28. The summed E-state index contributed by atoms with van der Waals surface area (Å²) in [4.78, 5) is 4.70. The van der Waals surface area contributed by atoms with Crippen molar-refractivity contribution in [3.05, 3.63) is 0 Å². The average molecular weight is 199 g/mol. The second-order valence-corrected chi connectivity index (χ2v) is 5.91. The van der Waals surface area contributed by atoms with Gasteiger partial charge < -0.3 is 0 Å². The van der Waals surface area contributed by atoms with Gasteiger partial charge in [-0.25, -0.2) is 0 Å². The molecule has 1 nitrogen and oxygen atoms in total. The Morgan fingerprint density at radius 3 is 2.31 bits per heavy atom. The Kier molecular flexibility index (Phi) is 3.84. The maximum Gasteiger partial charge on any atom is 0.0708 e. The second-order valence-electron chi connectivity index (χ2n) is 4.65. The van der Waals surface area contributed by atoms with Crippen LogP contribution in [0.1, 0.15) is 41.0 Å². The van der Waals surface area contributed by atoms with Crippen LogP contribution in [0.25, 0.3) is 0 Å². The molecule has 1 aliphatic heterocycles. The van der Waals surface area contributed by atoms with Crippen molar-refractivity contribution < 1.29 is 0 Å². The average Bonchev–Trinajstić information content (AvgIpc) is 2.31. The minimum atomic E-state index is 0.532. The summed E-state index contributed by atoms with van der Waals surface area (Å²) in [5.74, 6) is 1.41. The minimum Gasteiger partial charge on any atom is -0.278 e. The van der Waals surface area contributed by atoms with Crippen LogP contribution < -0.4 is 0 Å². The summed E-state index contributed by atoms with van der Waals surface area (Å²) >= 11 is 2.01. The highest BCUT2D eigenvalue weighted by Crippen LogP contribution is 2.34. The van der Waals surface area contributed by atoms with E-state index in [9.17, 15) is 0 Å². The van der Waals surface area contributed by atoms with Crippen molar-refractivity contribution in [3.8, 4) is 0 Å². The van der Waals surface area contributed by atoms with Gasteiger partial charge in [-0.2, -0.15) is 0 Å². The van der Waals surface area contributed by atoms with Crippen LogP contribution in [0.3, 0.4) is 0 Å². The smallest absolute Gasteiger partial charge is 0.0708 e. The molecule has 0 saturated carbocycles. The van der Waals surface area contributed by atoms with Crippen LogP contribution in [0.5, 0.6) is 0 Å². The fourth-order valence-electron chi connectivity index (χ4n) is 1.56. The Morgan fingerprint density at radius 1 is 1.31 bits per heavy atom. The predicted octanol–water partition coefficient (Wildman–Crippen LogP) is 3.59. The Bertz CT molecular complexity index is 196. The SMILES string of the molecule is CC(C)CC1SC(C(C)C)=NC1C. The quantitative estimate of drug-likeness (QED) is 0.676. The molecule has 0 fully saturated rings. The standard InChI is InChI=1S/C11H21NS/c1-7(2)6-10-9(5)12-11(13-10)8(3)4/h7-10H,6H2,1-5H3. The van der Waals surface area contributed by atoms with E-state index in [-0.39, 0.29) is 0 Å². The number of hydrogen-bond donors (Lipinski definition) is 0. The molecule has 2 heteroatoms. The molecule has 0 aliphatic carbocycles. The van der Waals surface area contributed by atoms with Crippen LogP contribution in [0.4, 0.5) is 0 Å². The summed E-state index contributed by atoms with van der Waals surface area (Å²) in [5, 5.41) is 2.09. The summed E-state index contributed by atoms with van der Waals surface area (Å²) in [7, 11) is 0. The van der Waals surface area contributed by atoms with Gasteiger partial charge in [-0.3, -0.25) is 4.99 Å². The third-order valence-corrected chi connectivity index (χ3v) is 4.05. The van der Waals surface area contributed by atoms with E-state index in [1.54, 1.807) is 0 Å². The van der Waals surface area contributed by atoms with Gasteiger partial charge in [-0.05, 0) is 19.3 Å². The first kappa shape index (κ1) is 11.1. The number of rotatable bonds is 3. The Morgan fingerprint density at radius 2 is 1.92 bits per heavy atom. The lowest BCUT2D eigenvalue weighted by atomic mass is 10.0. The minimum absolute atomic E-state index is 0.532. The first-order chi connectivity index (χ1) is 6.00. The molecule has 0 spiro atoms. The lowest BCUT2D eigenvalue weighted by Crippen LogP contribution is -2.15. The Hall–Kier alpha value is 0.0200. The lowest BCUT2D eigenvalue weighted by Gasteiger charge is -2.15. The van der Waals surface area contributed by atoms with Gasteiger partial charge in [0.05, 0.1) is 11.1 Å². The first-order valence-corrected chi connectivity index (χ1v) is 6.13. The summed E-state index contributed by atoms with van der Waals surface area (Å²) in [6.07, 6.45) is 1.30. The molecule has 0 bridgehead atoms. The number of hydrogen-bond acceptors (Lipinski definition) is 2. The van der Waals surface area contributed by atoms with E-state index in [0.717, 1.165) is 11.2 Å². The van der Waals surface area contributed by atoms with Gasteiger partial charge in [-0.1, -0.05) is 27.7 Å². The van der Waals surface area contributed by atoms with E-state index in [1.807, 2.05) is 11.8 Å². The molecular weight excluding hydrogens is 178 g/mol. The summed E-state index contributed by atoms with van der Waals surface area (Å²) < 4.78 is 0. The van der Waals surface area contributed by atoms with Gasteiger partial charge in [0.1, 0.15) is 0 Å². The highest BCUT2D eigenvalue weighted by molar-refractivity contribution is 8.14. The number of aliphatic imine (C=N–C) groups is 1. The number of nitrogens with zero attached hydrogens (tertiary/aromatic N) is 1. The van der Waals surface area contributed by atoms with Gasteiger partial charge in [0.15, 0.2) is 0 Å². The maximum atomic E-state index is 4.70. The number of thioether (sulfide) groups is 1. The van der Waals surface area contributed by atoms with Crippen LogP contribution in [-0.2, 0) is 0 Å². The van der Waals surface area contributed by atoms with E-state index >= 15 is 0 Å². The molecule has 76 valence electrons. The molecular formula is C11H21NS. The van der Waals surface area contributed by atoms with E-state index in [2.05, 4.69) is 34.6 Å². The molecule has 1 heterocycles. The lowest BCUT2D eigenvalue weighted by molar-refractivity contribution is 0.533. The van der Waals surface area contributed by atoms with Crippen molar-refractivity contribution >= 4 is 16.8 Å². The summed E-state index contributed by atoms with van der Waals surface area (Å²) in [5.41, 5.74) is 0. The molecule has 2 atom stereocenters. The van der Waals surface area contributed by atoms with Gasteiger partial charge in [0.25, 0.3) is 0 Å². The third kappa shape index (κ3) is 3.01. The zero-order valence-electron chi connectivity index (χ0n) is 9.37. The van der Waals surface area contributed by atoms with Gasteiger partial charge >= 0.3 is 0 Å². The molecule has 0 N–H and O–H groups in total. The van der Waals surface area contributed by atoms with Crippen molar-refractivity contribution in [2.24, 2.45) is 16.8 Å². The van der Waals surface area contributed by atoms with Crippen LogP contribution in [-0.4, -0.2) is 16.3 Å². The molecule has 2 unspecified atom stereocenters. The van der Waals surface area contributed by atoms with E-state index in [4.69, 9.17) is 4.99 Å². The molecule has 0 amide bonds. The molecule has 0 aromatic carbocycles. The Balaban J connectivity index is 2.49. The third-order valence-electron chi connectivity index (χ3n) is 2.34. The van der Waals surface area contributed by atoms with Crippen molar-refractivity contribution in [2.75, 3.05) is 0 Å². The maximum absolute atomic E-state index is 4.70. The van der Waals surface area contributed by atoms with E-state index in [0.29, 0.717) is 12.0 Å². The molecule has 0 saturated heterocycles. The molecule has 0 radical (unpaired) electrons. The van der Waals surface area contributed by atoms with Crippen LogP contribution >= 0.6 is 11.8 Å². The molecule has 0 aromatic rings. The van der Waals surface area contributed by atoms with E-state index < -0.39 is 0 Å². The highest BCUT2D eigenvalue weighted by atomic mass is 32.2. The first-order valence-electron chi connectivity index (χ1n) is 5.25.